The molecule has 1 aliphatic rings. The highest BCUT2D eigenvalue weighted by molar-refractivity contribution is 7.92. The lowest BCUT2D eigenvalue weighted by Crippen LogP contribution is -2.41. The lowest BCUT2D eigenvalue weighted by molar-refractivity contribution is 0.0385. The number of ether oxygens (including phenoxy) is 2. The molecule has 1 fully saturated rings. The van der Waals surface area contributed by atoms with Crippen LogP contribution in [0.2, 0.25) is 0 Å². The number of fused-ring (bicyclic) bond motifs is 1. The standard InChI is InChI=1S/C32H38N4O5S/c1-22-6-5-7-23(20-22)29-27-21-25(35-42(38,39)26-11-8-24(9-12-26)32(2,3)4)10-13-28(27)34-30(29)41-31(37)33-14-15-36-16-18-40-19-17-36/h5-13,20-21,34-35H,14-19H2,1-4H3,(H,33,37). The minimum Gasteiger partial charge on any atom is -0.393 e. The summed E-state index contributed by atoms with van der Waals surface area (Å²) in [6, 6.07) is 20.0. The van der Waals surface area contributed by atoms with Crippen molar-refractivity contribution in [2.75, 3.05) is 44.1 Å². The molecule has 1 saturated heterocycles. The van der Waals surface area contributed by atoms with Gasteiger partial charge in [0.25, 0.3) is 10.0 Å². The molecule has 3 N–H and O–H groups in total. The molecule has 0 unspecified atom stereocenters. The van der Waals surface area contributed by atoms with Gasteiger partial charge < -0.3 is 19.8 Å². The lowest BCUT2D eigenvalue weighted by atomic mass is 9.87. The predicted molar refractivity (Wildman–Crippen MR) is 166 cm³/mol. The van der Waals surface area contributed by atoms with E-state index < -0.39 is 16.1 Å². The van der Waals surface area contributed by atoms with Crippen LogP contribution in [0.3, 0.4) is 0 Å². The van der Waals surface area contributed by atoms with Crippen LogP contribution >= 0.6 is 0 Å². The van der Waals surface area contributed by atoms with Crippen molar-refractivity contribution in [1.82, 2.24) is 15.2 Å². The first-order chi connectivity index (χ1) is 20.0. The topological polar surface area (TPSA) is 113 Å². The molecule has 42 heavy (non-hydrogen) atoms. The molecule has 1 aromatic heterocycles. The van der Waals surface area contributed by atoms with E-state index in [1.165, 1.54) is 0 Å². The Morgan fingerprint density at radius 2 is 1.76 bits per heavy atom. The number of aryl methyl sites for hydroxylation is 1. The molecule has 0 radical (unpaired) electrons. The number of rotatable bonds is 8. The van der Waals surface area contributed by atoms with E-state index in [0.717, 1.165) is 35.2 Å². The number of sulfonamides is 1. The molecule has 222 valence electrons. The Bertz CT molecular complexity index is 1670. The predicted octanol–water partition coefficient (Wildman–Crippen LogP) is 5.66. The van der Waals surface area contributed by atoms with Crippen LogP contribution in [0, 0.1) is 6.92 Å². The van der Waals surface area contributed by atoms with E-state index in [9.17, 15) is 13.2 Å². The summed E-state index contributed by atoms with van der Waals surface area (Å²) in [5.41, 5.74) is 4.63. The van der Waals surface area contributed by atoms with Crippen molar-refractivity contribution in [3.05, 3.63) is 77.9 Å². The molecule has 0 spiro atoms. The third-order valence-corrected chi connectivity index (χ3v) is 8.75. The molecule has 0 bridgehead atoms. The van der Waals surface area contributed by atoms with Gasteiger partial charge in [0.05, 0.1) is 23.7 Å². The zero-order chi connectivity index (χ0) is 29.9. The van der Waals surface area contributed by atoms with Crippen molar-refractivity contribution in [2.24, 2.45) is 0 Å². The van der Waals surface area contributed by atoms with Crippen molar-refractivity contribution in [2.45, 2.75) is 38.0 Å². The van der Waals surface area contributed by atoms with E-state index in [2.05, 4.69) is 40.7 Å². The largest absolute Gasteiger partial charge is 0.413 e. The number of H-pyrrole nitrogens is 1. The fraction of sp³-hybridized carbons (Fsp3) is 0.344. The van der Waals surface area contributed by atoms with Gasteiger partial charge in [0.1, 0.15) is 0 Å². The summed E-state index contributed by atoms with van der Waals surface area (Å²) in [5, 5.41) is 3.55. The molecule has 1 amide bonds. The highest BCUT2D eigenvalue weighted by atomic mass is 32.2. The summed E-state index contributed by atoms with van der Waals surface area (Å²) in [5.74, 6) is 0.289. The average Bonchev–Trinajstić information content (AvgIpc) is 3.30. The number of carbonyl (C=O) groups excluding carboxylic acids is 1. The zero-order valence-electron chi connectivity index (χ0n) is 24.5. The van der Waals surface area contributed by atoms with E-state index in [1.54, 1.807) is 30.3 Å². The van der Waals surface area contributed by atoms with Gasteiger partial charge in [-0.2, -0.15) is 0 Å². The number of morpholine rings is 1. The van der Waals surface area contributed by atoms with Crippen LogP contribution in [0.4, 0.5) is 10.5 Å². The molecule has 2 heterocycles. The maximum absolute atomic E-state index is 13.3. The van der Waals surface area contributed by atoms with Gasteiger partial charge in [-0.15, -0.1) is 0 Å². The highest BCUT2D eigenvalue weighted by Crippen LogP contribution is 2.39. The van der Waals surface area contributed by atoms with Crippen LogP contribution < -0.4 is 14.8 Å². The van der Waals surface area contributed by atoms with Crippen molar-refractivity contribution in [1.29, 1.82) is 0 Å². The maximum atomic E-state index is 13.3. The Morgan fingerprint density at radius 1 is 1.02 bits per heavy atom. The minimum atomic E-state index is -3.83. The van der Waals surface area contributed by atoms with Gasteiger partial charge in [0.2, 0.25) is 5.88 Å². The molecule has 4 aromatic rings. The molecular weight excluding hydrogens is 552 g/mol. The summed E-state index contributed by atoms with van der Waals surface area (Å²) < 4.78 is 40.4. The van der Waals surface area contributed by atoms with Gasteiger partial charge in [-0.1, -0.05) is 62.7 Å². The van der Waals surface area contributed by atoms with Crippen molar-refractivity contribution < 1.29 is 22.7 Å². The van der Waals surface area contributed by atoms with Crippen LogP contribution in [0.15, 0.2) is 71.6 Å². The fourth-order valence-corrected chi connectivity index (χ4v) is 6.06. The second-order valence-electron chi connectivity index (χ2n) is 11.6. The Kier molecular flexibility index (Phi) is 8.58. The number of hydrogen-bond acceptors (Lipinski definition) is 6. The van der Waals surface area contributed by atoms with Gasteiger partial charge in [0.15, 0.2) is 0 Å². The number of anilines is 1. The van der Waals surface area contributed by atoms with Gasteiger partial charge >= 0.3 is 6.09 Å². The van der Waals surface area contributed by atoms with Crippen LogP contribution in [0.5, 0.6) is 5.88 Å². The second kappa shape index (κ2) is 12.2. The average molecular weight is 591 g/mol. The van der Waals surface area contributed by atoms with Crippen LogP contribution in [-0.2, 0) is 20.2 Å². The van der Waals surface area contributed by atoms with Gasteiger partial charge in [-0.05, 0) is 53.8 Å². The van der Waals surface area contributed by atoms with Gasteiger partial charge in [-0.25, -0.2) is 13.2 Å². The van der Waals surface area contributed by atoms with Gasteiger partial charge in [0, 0.05) is 42.8 Å². The molecular formula is C32H38N4O5S. The maximum Gasteiger partial charge on any atom is 0.413 e. The monoisotopic (exact) mass is 590 g/mol. The molecule has 1 aliphatic heterocycles. The number of aromatic amines is 1. The Morgan fingerprint density at radius 3 is 2.45 bits per heavy atom. The minimum absolute atomic E-state index is 0.0827. The number of amides is 1. The third kappa shape index (κ3) is 6.95. The highest BCUT2D eigenvalue weighted by Gasteiger charge is 2.21. The SMILES string of the molecule is Cc1cccc(-c2c(OC(=O)NCCN3CCOCC3)[nH]c3ccc(NS(=O)(=O)c4ccc(C(C)(C)C)cc4)cc23)c1. The number of aromatic nitrogens is 1. The first kappa shape index (κ1) is 29.6. The number of nitrogens with one attached hydrogen (secondary N) is 3. The summed E-state index contributed by atoms with van der Waals surface area (Å²) in [7, 11) is -3.83. The Labute approximate surface area is 247 Å². The smallest absolute Gasteiger partial charge is 0.393 e. The molecule has 5 rings (SSSR count). The van der Waals surface area contributed by atoms with E-state index in [-0.39, 0.29) is 16.2 Å². The Hall–Kier alpha value is -3.86. The second-order valence-corrected chi connectivity index (χ2v) is 13.3. The first-order valence-electron chi connectivity index (χ1n) is 14.1. The van der Waals surface area contributed by atoms with E-state index >= 15 is 0 Å². The number of benzene rings is 3. The quantitative estimate of drug-likeness (QED) is 0.244. The van der Waals surface area contributed by atoms with Crippen LogP contribution in [0.1, 0.15) is 31.9 Å². The number of carbonyl (C=O) groups is 1. The van der Waals surface area contributed by atoms with E-state index in [1.807, 2.05) is 43.3 Å². The normalized spacial score (nSPS) is 14.6. The summed E-state index contributed by atoms with van der Waals surface area (Å²) in [6.07, 6.45) is -0.566. The van der Waals surface area contributed by atoms with E-state index in [4.69, 9.17) is 9.47 Å². The number of hydrogen-bond donors (Lipinski definition) is 3. The van der Waals surface area contributed by atoms with Crippen molar-refractivity contribution in [3.8, 4) is 17.0 Å². The molecule has 0 saturated carbocycles. The van der Waals surface area contributed by atoms with Crippen LogP contribution in [-0.4, -0.2) is 63.8 Å². The third-order valence-electron chi connectivity index (χ3n) is 7.35. The summed E-state index contributed by atoms with van der Waals surface area (Å²) >= 11 is 0. The summed E-state index contributed by atoms with van der Waals surface area (Å²) in [6.45, 7) is 12.5. The lowest BCUT2D eigenvalue weighted by Gasteiger charge is -2.26. The molecule has 0 atom stereocenters. The summed E-state index contributed by atoms with van der Waals surface area (Å²) in [4.78, 5) is 18.4. The molecule has 3 aromatic carbocycles. The number of nitrogens with zero attached hydrogens (tertiary/aromatic N) is 1. The fourth-order valence-electron chi connectivity index (χ4n) is 5.01. The van der Waals surface area contributed by atoms with Gasteiger partial charge in [-0.3, -0.25) is 9.62 Å². The van der Waals surface area contributed by atoms with Crippen molar-refractivity contribution >= 4 is 32.7 Å². The molecule has 0 aliphatic carbocycles. The molecule has 10 heteroatoms. The molecule has 9 nitrogen and oxygen atoms in total. The van der Waals surface area contributed by atoms with E-state index in [0.29, 0.717) is 43.1 Å². The van der Waals surface area contributed by atoms with Crippen molar-refractivity contribution in [3.63, 3.8) is 0 Å². The first-order valence-corrected chi connectivity index (χ1v) is 15.6. The van der Waals surface area contributed by atoms with Crippen LogP contribution in [0.25, 0.3) is 22.0 Å². The zero-order valence-corrected chi connectivity index (χ0v) is 25.3. The Balaban J connectivity index is 1.40.